The number of rotatable bonds is 4. The molecule has 0 bridgehead atoms. The molecule has 2 nitrogen and oxygen atoms in total. The number of nitrogens with one attached hydrogen (secondary N) is 1. The van der Waals surface area contributed by atoms with E-state index in [1.165, 1.54) is 6.07 Å². The molecule has 1 aliphatic rings. The standard InChI is InChI=1S/C16H24ClFN2/c1-4-11(2)16-8-19-12(3)9-20(16)10-13-7-14(18)5-6-15(13)17/h5-7,11-12,16,19H,4,8-10H2,1-3H3. The molecule has 1 heterocycles. The Morgan fingerprint density at radius 1 is 1.50 bits per heavy atom. The Morgan fingerprint density at radius 3 is 2.95 bits per heavy atom. The third-order valence-corrected chi connectivity index (χ3v) is 4.70. The van der Waals surface area contributed by atoms with E-state index in [4.69, 9.17) is 11.6 Å². The van der Waals surface area contributed by atoms with Crippen LogP contribution in [-0.2, 0) is 6.54 Å². The van der Waals surface area contributed by atoms with Crippen LogP contribution in [0, 0.1) is 11.7 Å². The van der Waals surface area contributed by atoms with E-state index in [9.17, 15) is 4.39 Å². The minimum absolute atomic E-state index is 0.215. The van der Waals surface area contributed by atoms with E-state index in [-0.39, 0.29) is 5.82 Å². The highest BCUT2D eigenvalue weighted by molar-refractivity contribution is 6.31. The second kappa shape index (κ2) is 6.88. The quantitative estimate of drug-likeness (QED) is 0.912. The van der Waals surface area contributed by atoms with Crippen molar-refractivity contribution in [2.75, 3.05) is 13.1 Å². The minimum atomic E-state index is -0.215. The van der Waals surface area contributed by atoms with Crippen molar-refractivity contribution in [3.63, 3.8) is 0 Å². The Kier molecular flexibility index (Phi) is 5.42. The van der Waals surface area contributed by atoms with Gasteiger partial charge in [0.25, 0.3) is 0 Å². The van der Waals surface area contributed by atoms with Crippen molar-refractivity contribution >= 4 is 11.6 Å². The fourth-order valence-corrected chi connectivity index (χ4v) is 3.08. The molecule has 3 atom stereocenters. The highest BCUT2D eigenvalue weighted by Crippen LogP contribution is 2.24. The molecule has 112 valence electrons. The van der Waals surface area contributed by atoms with Gasteiger partial charge in [-0.15, -0.1) is 0 Å². The Labute approximate surface area is 126 Å². The van der Waals surface area contributed by atoms with Gasteiger partial charge in [-0.25, -0.2) is 4.39 Å². The van der Waals surface area contributed by atoms with Gasteiger partial charge in [-0.05, 0) is 36.6 Å². The summed E-state index contributed by atoms with van der Waals surface area (Å²) >= 11 is 6.20. The van der Waals surface area contributed by atoms with Gasteiger partial charge < -0.3 is 5.32 Å². The zero-order valence-electron chi connectivity index (χ0n) is 12.5. The van der Waals surface area contributed by atoms with Crippen molar-refractivity contribution in [3.05, 3.63) is 34.6 Å². The van der Waals surface area contributed by atoms with E-state index < -0.39 is 0 Å². The summed E-state index contributed by atoms with van der Waals surface area (Å²) in [7, 11) is 0. The smallest absolute Gasteiger partial charge is 0.123 e. The van der Waals surface area contributed by atoms with E-state index >= 15 is 0 Å². The summed E-state index contributed by atoms with van der Waals surface area (Å²) in [6, 6.07) is 5.56. The summed E-state index contributed by atoms with van der Waals surface area (Å²) in [5.41, 5.74) is 0.883. The molecule has 1 fully saturated rings. The summed E-state index contributed by atoms with van der Waals surface area (Å²) in [5.74, 6) is 0.398. The maximum atomic E-state index is 13.4. The van der Waals surface area contributed by atoms with Crippen LogP contribution in [0.3, 0.4) is 0 Å². The molecule has 0 aliphatic carbocycles. The normalized spacial score (nSPS) is 25.6. The van der Waals surface area contributed by atoms with Crippen molar-refractivity contribution in [2.45, 2.75) is 45.8 Å². The van der Waals surface area contributed by atoms with Gasteiger partial charge in [0.05, 0.1) is 0 Å². The van der Waals surface area contributed by atoms with Crippen LogP contribution < -0.4 is 5.32 Å². The maximum Gasteiger partial charge on any atom is 0.123 e. The predicted octanol–water partition coefficient (Wildman–Crippen LogP) is 3.69. The molecule has 1 aromatic carbocycles. The first-order chi connectivity index (χ1) is 9.51. The van der Waals surface area contributed by atoms with Crippen LogP contribution in [0.1, 0.15) is 32.8 Å². The van der Waals surface area contributed by atoms with Gasteiger partial charge in [-0.3, -0.25) is 4.90 Å². The maximum absolute atomic E-state index is 13.4. The molecule has 0 aromatic heterocycles. The van der Waals surface area contributed by atoms with Crippen molar-refractivity contribution < 1.29 is 4.39 Å². The summed E-state index contributed by atoms with van der Waals surface area (Å²) in [5, 5.41) is 4.19. The molecule has 0 radical (unpaired) electrons. The Bertz CT molecular complexity index is 452. The van der Waals surface area contributed by atoms with Crippen LogP contribution in [0.4, 0.5) is 4.39 Å². The molecule has 20 heavy (non-hydrogen) atoms. The number of halogens is 2. The minimum Gasteiger partial charge on any atom is -0.311 e. The zero-order valence-corrected chi connectivity index (χ0v) is 13.3. The molecule has 0 saturated carbocycles. The first-order valence-corrected chi connectivity index (χ1v) is 7.80. The average Bonchev–Trinajstić information content (AvgIpc) is 2.42. The van der Waals surface area contributed by atoms with E-state index in [2.05, 4.69) is 31.0 Å². The van der Waals surface area contributed by atoms with E-state index in [0.717, 1.165) is 31.6 Å². The van der Waals surface area contributed by atoms with Crippen LogP contribution in [-0.4, -0.2) is 30.1 Å². The van der Waals surface area contributed by atoms with Gasteiger partial charge in [0.1, 0.15) is 5.82 Å². The Hall–Kier alpha value is -0.640. The Morgan fingerprint density at radius 2 is 2.25 bits per heavy atom. The molecular weight excluding hydrogens is 275 g/mol. The number of hydrogen-bond acceptors (Lipinski definition) is 2. The first kappa shape index (κ1) is 15.7. The molecule has 2 rings (SSSR count). The summed E-state index contributed by atoms with van der Waals surface area (Å²) in [6.45, 7) is 9.37. The fraction of sp³-hybridized carbons (Fsp3) is 0.625. The molecule has 1 aromatic rings. The monoisotopic (exact) mass is 298 g/mol. The van der Waals surface area contributed by atoms with E-state index in [0.29, 0.717) is 23.0 Å². The fourth-order valence-electron chi connectivity index (χ4n) is 2.90. The lowest BCUT2D eigenvalue weighted by Gasteiger charge is -2.42. The van der Waals surface area contributed by atoms with Gasteiger partial charge in [-0.1, -0.05) is 31.9 Å². The summed E-state index contributed by atoms with van der Waals surface area (Å²) in [6.07, 6.45) is 1.15. The summed E-state index contributed by atoms with van der Waals surface area (Å²) < 4.78 is 13.4. The van der Waals surface area contributed by atoms with Crippen LogP contribution in [0.25, 0.3) is 0 Å². The molecule has 1 N–H and O–H groups in total. The third-order valence-electron chi connectivity index (χ3n) is 4.33. The molecule has 1 aliphatic heterocycles. The zero-order chi connectivity index (χ0) is 14.7. The van der Waals surface area contributed by atoms with Gasteiger partial charge in [0.15, 0.2) is 0 Å². The highest BCUT2D eigenvalue weighted by Gasteiger charge is 2.29. The molecule has 4 heteroatoms. The highest BCUT2D eigenvalue weighted by atomic mass is 35.5. The van der Waals surface area contributed by atoms with Gasteiger partial charge >= 0.3 is 0 Å². The van der Waals surface area contributed by atoms with E-state index in [1.54, 1.807) is 12.1 Å². The number of benzene rings is 1. The van der Waals surface area contributed by atoms with Crippen molar-refractivity contribution in [1.82, 2.24) is 10.2 Å². The van der Waals surface area contributed by atoms with Gasteiger partial charge in [0, 0.05) is 36.7 Å². The van der Waals surface area contributed by atoms with Gasteiger partial charge in [0.2, 0.25) is 0 Å². The topological polar surface area (TPSA) is 15.3 Å². The summed E-state index contributed by atoms with van der Waals surface area (Å²) in [4.78, 5) is 2.44. The first-order valence-electron chi connectivity index (χ1n) is 7.42. The van der Waals surface area contributed by atoms with Gasteiger partial charge in [-0.2, -0.15) is 0 Å². The second-order valence-electron chi connectivity index (χ2n) is 5.93. The van der Waals surface area contributed by atoms with Crippen LogP contribution in [0.2, 0.25) is 5.02 Å². The van der Waals surface area contributed by atoms with E-state index in [1.807, 2.05) is 0 Å². The Balaban J connectivity index is 2.16. The second-order valence-corrected chi connectivity index (χ2v) is 6.33. The lowest BCUT2D eigenvalue weighted by atomic mass is 9.94. The SMILES string of the molecule is CCC(C)C1CNC(C)CN1Cc1cc(F)ccc1Cl. The third kappa shape index (κ3) is 3.72. The predicted molar refractivity (Wildman–Crippen MR) is 82.5 cm³/mol. The van der Waals surface area contributed by atoms with Crippen LogP contribution in [0.15, 0.2) is 18.2 Å². The van der Waals surface area contributed by atoms with Crippen LogP contribution in [0.5, 0.6) is 0 Å². The van der Waals surface area contributed by atoms with Crippen molar-refractivity contribution in [3.8, 4) is 0 Å². The average molecular weight is 299 g/mol. The van der Waals surface area contributed by atoms with Crippen LogP contribution >= 0.6 is 11.6 Å². The number of hydrogen-bond donors (Lipinski definition) is 1. The molecule has 0 amide bonds. The number of piperazine rings is 1. The molecule has 1 saturated heterocycles. The lowest BCUT2D eigenvalue weighted by Crippen LogP contribution is -2.57. The molecule has 0 spiro atoms. The largest absolute Gasteiger partial charge is 0.311 e. The lowest BCUT2D eigenvalue weighted by molar-refractivity contribution is 0.0885. The van der Waals surface area contributed by atoms with Crippen molar-refractivity contribution in [2.24, 2.45) is 5.92 Å². The number of nitrogens with zero attached hydrogens (tertiary/aromatic N) is 1. The van der Waals surface area contributed by atoms with Crippen molar-refractivity contribution in [1.29, 1.82) is 0 Å². The molecule has 3 unspecified atom stereocenters. The molecular formula is C16H24ClFN2.